The SMILES string of the molecule is N#C[C@@]12C3(CCCCCC3)[C@]1(C#N)C(N)=[NH+][C@@]21OCCS1. The van der Waals surface area contributed by atoms with Gasteiger partial charge in [-0.1, -0.05) is 37.4 Å². The van der Waals surface area contributed by atoms with Crippen LogP contribution < -0.4 is 10.7 Å². The molecule has 0 aromatic heterocycles. The van der Waals surface area contributed by atoms with E-state index in [9.17, 15) is 10.5 Å². The number of nitrogens with two attached hydrogens (primary N) is 1. The van der Waals surface area contributed by atoms with E-state index in [4.69, 9.17) is 10.5 Å². The highest BCUT2D eigenvalue weighted by Gasteiger charge is 3.02. The van der Waals surface area contributed by atoms with E-state index in [0.717, 1.165) is 31.4 Å². The third-order valence-electron chi connectivity index (χ3n) is 6.12. The minimum Gasteiger partial charge on any atom is -0.327 e. The summed E-state index contributed by atoms with van der Waals surface area (Å²) >= 11 is 1.61. The van der Waals surface area contributed by atoms with Crippen molar-refractivity contribution < 1.29 is 9.73 Å². The minimum atomic E-state index is -0.879. The summed E-state index contributed by atoms with van der Waals surface area (Å²) in [5, 5.41) is 19.3. The number of nitriles is 2. The summed E-state index contributed by atoms with van der Waals surface area (Å²) < 4.78 is 5.99. The van der Waals surface area contributed by atoms with Crippen molar-refractivity contribution in [1.82, 2.24) is 0 Å². The van der Waals surface area contributed by atoms with Crippen molar-refractivity contribution in [1.29, 1.82) is 10.5 Å². The summed E-state index contributed by atoms with van der Waals surface area (Å²) in [4.78, 5) is 3.19. The Hall–Kier alpha value is -1.24. The molecule has 0 aromatic carbocycles. The molecule has 4 rings (SSSR count). The van der Waals surface area contributed by atoms with E-state index in [-0.39, 0.29) is 5.41 Å². The monoisotopic (exact) mass is 303 g/mol. The zero-order valence-electron chi connectivity index (χ0n) is 11.9. The number of hydrogen-bond donors (Lipinski definition) is 2. The molecular formula is C15H19N4OS+. The molecule has 2 aliphatic carbocycles. The van der Waals surface area contributed by atoms with Gasteiger partial charge in [0.15, 0.2) is 10.8 Å². The Balaban J connectivity index is 1.93. The average molecular weight is 303 g/mol. The van der Waals surface area contributed by atoms with Gasteiger partial charge in [-0.2, -0.15) is 10.5 Å². The Bertz CT molecular complexity index is 604. The van der Waals surface area contributed by atoms with E-state index in [1.807, 2.05) is 0 Å². The standard InChI is InChI=1S/C15H18N4OS/c16-9-13-11(18)19-15(20-7-8-21-15)14(13,10-17)12(13)5-3-1-2-4-6-12/h1-8H2,(H2,18,19)/p+1/t13-,14+,15+/m0/s1. The fourth-order valence-corrected chi connectivity index (χ4v) is 6.79. The summed E-state index contributed by atoms with van der Waals surface area (Å²) in [7, 11) is 0. The van der Waals surface area contributed by atoms with Crippen LogP contribution in [0.2, 0.25) is 0 Å². The Morgan fingerprint density at radius 2 is 1.86 bits per heavy atom. The second kappa shape index (κ2) is 3.94. The van der Waals surface area contributed by atoms with Crippen LogP contribution in [-0.2, 0) is 4.74 Å². The van der Waals surface area contributed by atoms with Crippen LogP contribution in [0.1, 0.15) is 38.5 Å². The number of thioether (sulfide) groups is 1. The summed E-state index contributed by atoms with van der Waals surface area (Å²) in [6.45, 7) is 0.603. The molecule has 21 heavy (non-hydrogen) atoms. The summed E-state index contributed by atoms with van der Waals surface area (Å²) in [5.41, 5.74) is 4.23. The lowest BCUT2D eigenvalue weighted by Gasteiger charge is -2.29. The molecule has 0 unspecified atom stereocenters. The molecule has 0 amide bonds. The van der Waals surface area contributed by atoms with Crippen LogP contribution in [0.5, 0.6) is 0 Å². The lowest BCUT2D eigenvalue weighted by Crippen LogP contribution is -2.88. The minimum absolute atomic E-state index is 0.327. The number of amidine groups is 1. The van der Waals surface area contributed by atoms with Crippen molar-refractivity contribution >= 4 is 17.6 Å². The van der Waals surface area contributed by atoms with Gasteiger partial charge in [-0.25, -0.2) is 4.99 Å². The first-order valence-corrected chi connectivity index (χ1v) is 8.66. The Labute approximate surface area is 128 Å². The van der Waals surface area contributed by atoms with Crippen molar-refractivity contribution in [3.63, 3.8) is 0 Å². The molecule has 1 saturated heterocycles. The maximum atomic E-state index is 10.1. The smallest absolute Gasteiger partial charge is 0.277 e. The second-order valence-corrected chi connectivity index (χ2v) is 7.84. The molecule has 6 heteroatoms. The van der Waals surface area contributed by atoms with Crippen molar-refractivity contribution in [2.45, 2.75) is 43.6 Å². The summed E-state index contributed by atoms with van der Waals surface area (Å²) in [6, 6.07) is 4.98. The zero-order valence-corrected chi connectivity index (χ0v) is 12.8. The van der Waals surface area contributed by atoms with Gasteiger partial charge in [-0.3, -0.25) is 5.73 Å². The molecule has 110 valence electrons. The number of ether oxygens (including phenoxy) is 1. The first-order chi connectivity index (χ1) is 10.2. The molecule has 5 nitrogen and oxygen atoms in total. The molecule has 3 fully saturated rings. The van der Waals surface area contributed by atoms with Crippen LogP contribution in [0.4, 0.5) is 0 Å². The summed E-state index contributed by atoms with van der Waals surface area (Å²) in [5.74, 6) is 1.30. The third kappa shape index (κ3) is 1.08. The number of nitrogens with zero attached hydrogens (tertiary/aromatic N) is 2. The fourth-order valence-electron chi connectivity index (χ4n) is 5.38. The van der Waals surface area contributed by atoms with Crippen molar-refractivity contribution in [2.24, 2.45) is 22.0 Å². The molecule has 3 atom stereocenters. The van der Waals surface area contributed by atoms with Crippen LogP contribution in [0, 0.1) is 38.9 Å². The number of rotatable bonds is 0. The molecule has 3 N–H and O–H groups in total. The van der Waals surface area contributed by atoms with E-state index in [1.165, 1.54) is 12.8 Å². The predicted octanol–water partition coefficient (Wildman–Crippen LogP) is 0.229. The van der Waals surface area contributed by atoms with E-state index in [2.05, 4.69) is 17.1 Å². The topological polar surface area (TPSA) is 96.8 Å². The van der Waals surface area contributed by atoms with Gasteiger partial charge in [0.05, 0.1) is 18.7 Å². The fraction of sp³-hybridized carbons (Fsp3) is 0.800. The van der Waals surface area contributed by atoms with E-state index in [1.54, 1.807) is 11.8 Å². The predicted molar refractivity (Wildman–Crippen MR) is 77.5 cm³/mol. The maximum Gasteiger partial charge on any atom is 0.277 e. The van der Waals surface area contributed by atoms with Gasteiger partial charge >= 0.3 is 0 Å². The highest BCUT2D eigenvalue weighted by Crippen LogP contribution is 2.87. The first-order valence-electron chi connectivity index (χ1n) is 7.68. The van der Waals surface area contributed by atoms with Crippen molar-refractivity contribution in [3.05, 3.63) is 0 Å². The van der Waals surface area contributed by atoms with Gasteiger partial charge in [0.2, 0.25) is 0 Å². The Morgan fingerprint density at radius 3 is 2.38 bits per heavy atom. The molecule has 0 radical (unpaired) electrons. The molecular weight excluding hydrogens is 284 g/mol. The highest BCUT2D eigenvalue weighted by molar-refractivity contribution is 8.00. The van der Waals surface area contributed by atoms with Crippen LogP contribution in [0.25, 0.3) is 0 Å². The van der Waals surface area contributed by atoms with Crippen LogP contribution in [0.3, 0.4) is 0 Å². The zero-order chi connectivity index (χ0) is 14.8. The van der Waals surface area contributed by atoms with E-state index < -0.39 is 15.9 Å². The van der Waals surface area contributed by atoms with Crippen LogP contribution >= 0.6 is 11.8 Å². The van der Waals surface area contributed by atoms with E-state index in [0.29, 0.717) is 12.4 Å². The number of nitrogens with one attached hydrogen (secondary N) is 1. The van der Waals surface area contributed by atoms with Gasteiger partial charge in [0.1, 0.15) is 0 Å². The molecule has 0 bridgehead atoms. The normalized spacial score (nSPS) is 46.5. The molecule has 2 aliphatic heterocycles. The Morgan fingerprint density at radius 1 is 1.14 bits per heavy atom. The maximum absolute atomic E-state index is 10.1. The first kappa shape index (κ1) is 13.4. The average Bonchev–Trinajstić information content (AvgIpc) is 2.72. The van der Waals surface area contributed by atoms with Gasteiger partial charge < -0.3 is 4.74 Å². The Kier molecular flexibility index (Phi) is 2.52. The molecule has 2 heterocycles. The molecule has 2 saturated carbocycles. The number of hydrogen-bond acceptors (Lipinski definition) is 5. The summed E-state index contributed by atoms with van der Waals surface area (Å²) in [6.07, 6.45) is 6.31. The van der Waals surface area contributed by atoms with Crippen molar-refractivity contribution in [3.8, 4) is 12.1 Å². The second-order valence-electron chi connectivity index (χ2n) is 6.57. The van der Waals surface area contributed by atoms with Gasteiger partial charge in [0.25, 0.3) is 10.9 Å². The third-order valence-corrected chi connectivity index (χ3v) is 7.42. The van der Waals surface area contributed by atoms with Crippen LogP contribution in [0.15, 0.2) is 0 Å². The van der Waals surface area contributed by atoms with Gasteiger partial charge in [-0.05, 0) is 12.8 Å². The van der Waals surface area contributed by atoms with Crippen molar-refractivity contribution in [2.75, 3.05) is 12.4 Å². The highest BCUT2D eigenvalue weighted by atomic mass is 32.2. The van der Waals surface area contributed by atoms with Gasteiger partial charge in [0, 0.05) is 11.2 Å². The molecule has 0 aromatic rings. The molecule has 4 aliphatic rings. The number of fused-ring (bicyclic) bond motifs is 4. The van der Waals surface area contributed by atoms with Gasteiger partial charge in [-0.15, -0.1) is 0 Å². The molecule has 2 spiro atoms. The quantitative estimate of drug-likeness (QED) is 0.667. The largest absolute Gasteiger partial charge is 0.327 e. The lowest BCUT2D eigenvalue weighted by atomic mass is 9.83. The van der Waals surface area contributed by atoms with E-state index >= 15 is 0 Å². The van der Waals surface area contributed by atoms with Crippen LogP contribution in [-0.4, -0.2) is 23.3 Å². The lowest BCUT2D eigenvalue weighted by molar-refractivity contribution is -0.585.